The first-order valence-electron chi connectivity index (χ1n) is 5.56. The van der Waals surface area contributed by atoms with E-state index >= 15 is 0 Å². The highest BCUT2D eigenvalue weighted by Gasteiger charge is 2.37. The molecular weight excluding hydrogens is 237 g/mol. The second-order valence-corrected chi connectivity index (χ2v) is 3.58. The van der Waals surface area contributed by atoms with Crippen LogP contribution in [-0.2, 0) is 4.79 Å². The Balaban J connectivity index is 3.75. The summed E-state index contributed by atoms with van der Waals surface area (Å²) in [5, 5.41) is 11.1. The molecule has 0 aliphatic heterocycles. The summed E-state index contributed by atoms with van der Waals surface area (Å²) in [7, 11) is 0. The topological polar surface area (TPSA) is 52.6 Å². The van der Waals surface area contributed by atoms with Crippen molar-refractivity contribution in [3.8, 4) is 0 Å². The molecule has 0 bridgehead atoms. The minimum Gasteiger partial charge on any atom is -0.382 e. The lowest BCUT2D eigenvalue weighted by atomic mass is 10.3. The highest BCUT2D eigenvalue weighted by atomic mass is 19.4. The Bertz CT molecular complexity index is 230. The van der Waals surface area contributed by atoms with Crippen molar-refractivity contribution in [3.63, 3.8) is 0 Å². The Morgan fingerprint density at radius 1 is 1.35 bits per heavy atom. The molecule has 0 rings (SSSR count). The number of carbonyl (C=O) groups is 1. The van der Waals surface area contributed by atoms with Gasteiger partial charge in [-0.2, -0.15) is 13.2 Å². The third-order valence-electron chi connectivity index (χ3n) is 2.35. The molecule has 0 aliphatic carbocycles. The van der Waals surface area contributed by atoms with Crippen molar-refractivity contribution in [3.05, 3.63) is 0 Å². The number of aliphatic hydroxyl groups is 1. The molecule has 17 heavy (non-hydrogen) atoms. The van der Waals surface area contributed by atoms with Crippen LogP contribution in [0.15, 0.2) is 0 Å². The van der Waals surface area contributed by atoms with Gasteiger partial charge >= 0.3 is 6.18 Å². The Hall–Kier alpha value is -0.820. The molecule has 1 atom stereocenters. The van der Waals surface area contributed by atoms with Gasteiger partial charge in [0.25, 0.3) is 0 Å². The van der Waals surface area contributed by atoms with Gasteiger partial charge in [-0.3, -0.25) is 4.79 Å². The van der Waals surface area contributed by atoms with E-state index < -0.39 is 18.8 Å². The van der Waals surface area contributed by atoms with E-state index in [4.69, 9.17) is 5.11 Å². The van der Waals surface area contributed by atoms with Crippen molar-refractivity contribution in [1.29, 1.82) is 0 Å². The lowest BCUT2D eigenvalue weighted by Crippen LogP contribution is -2.40. The van der Waals surface area contributed by atoms with Gasteiger partial charge in [-0.15, -0.1) is 0 Å². The van der Waals surface area contributed by atoms with Gasteiger partial charge in [0.2, 0.25) is 5.91 Å². The maximum absolute atomic E-state index is 11.9. The number of nitrogens with one attached hydrogen (secondary N) is 1. The molecule has 0 spiro atoms. The smallest absolute Gasteiger partial charge is 0.382 e. The minimum atomic E-state index is -4.62. The molecule has 0 aromatic rings. The maximum Gasteiger partial charge on any atom is 0.415 e. The average Bonchev–Trinajstić information content (AvgIpc) is 2.24. The fourth-order valence-corrected chi connectivity index (χ4v) is 1.28. The molecule has 102 valence electrons. The van der Waals surface area contributed by atoms with Crippen LogP contribution in [0.1, 0.15) is 20.3 Å². The zero-order chi connectivity index (χ0) is 13.5. The molecule has 0 aliphatic rings. The Kier molecular flexibility index (Phi) is 7.13. The highest BCUT2D eigenvalue weighted by molar-refractivity contribution is 5.76. The summed E-state index contributed by atoms with van der Waals surface area (Å²) >= 11 is 0. The lowest BCUT2D eigenvalue weighted by Gasteiger charge is -2.19. The summed E-state index contributed by atoms with van der Waals surface area (Å²) < 4.78 is 35.7. The number of amides is 1. The third kappa shape index (κ3) is 6.48. The Morgan fingerprint density at radius 3 is 2.29 bits per heavy atom. The van der Waals surface area contributed by atoms with Crippen LogP contribution in [0.3, 0.4) is 0 Å². The SMILES string of the molecule is CCN(CC)C(=O)CCNCC(O)C(F)(F)F. The summed E-state index contributed by atoms with van der Waals surface area (Å²) in [4.78, 5) is 13.0. The van der Waals surface area contributed by atoms with Crippen molar-refractivity contribution in [2.24, 2.45) is 0 Å². The molecule has 4 nitrogen and oxygen atoms in total. The van der Waals surface area contributed by atoms with E-state index in [0.717, 1.165) is 0 Å². The quantitative estimate of drug-likeness (QED) is 0.661. The van der Waals surface area contributed by atoms with E-state index in [0.29, 0.717) is 13.1 Å². The molecule has 0 saturated heterocycles. The van der Waals surface area contributed by atoms with Crippen molar-refractivity contribution in [2.75, 3.05) is 26.2 Å². The average molecular weight is 256 g/mol. The summed E-state index contributed by atoms with van der Waals surface area (Å²) in [6.07, 6.45) is -6.87. The second-order valence-electron chi connectivity index (χ2n) is 3.58. The molecule has 0 radical (unpaired) electrons. The van der Waals surface area contributed by atoms with E-state index in [1.54, 1.807) is 4.90 Å². The third-order valence-corrected chi connectivity index (χ3v) is 2.35. The fourth-order valence-electron chi connectivity index (χ4n) is 1.28. The molecule has 7 heteroatoms. The predicted octanol–water partition coefficient (Wildman–Crippen LogP) is 0.758. The van der Waals surface area contributed by atoms with Crippen LogP contribution in [0.2, 0.25) is 0 Å². The highest BCUT2D eigenvalue weighted by Crippen LogP contribution is 2.19. The zero-order valence-corrected chi connectivity index (χ0v) is 10.0. The number of hydrogen-bond acceptors (Lipinski definition) is 3. The Morgan fingerprint density at radius 2 is 1.88 bits per heavy atom. The predicted molar refractivity (Wildman–Crippen MR) is 57.5 cm³/mol. The van der Waals surface area contributed by atoms with Crippen molar-refractivity contribution < 1.29 is 23.1 Å². The lowest BCUT2D eigenvalue weighted by molar-refractivity contribution is -0.201. The van der Waals surface area contributed by atoms with Crippen LogP contribution in [0.25, 0.3) is 0 Å². The number of aliphatic hydroxyl groups excluding tert-OH is 1. The molecule has 0 aromatic heterocycles. The van der Waals surface area contributed by atoms with Gasteiger partial charge in [0.1, 0.15) is 0 Å². The summed E-state index contributed by atoms with van der Waals surface area (Å²) in [6, 6.07) is 0. The van der Waals surface area contributed by atoms with Gasteiger partial charge < -0.3 is 15.3 Å². The van der Waals surface area contributed by atoms with Crippen LogP contribution in [-0.4, -0.2) is 54.4 Å². The van der Waals surface area contributed by atoms with Crippen molar-refractivity contribution >= 4 is 5.91 Å². The van der Waals surface area contributed by atoms with Crippen LogP contribution in [0, 0.1) is 0 Å². The molecule has 1 unspecified atom stereocenters. The van der Waals surface area contributed by atoms with Gasteiger partial charge in [-0.05, 0) is 13.8 Å². The molecular formula is C10H19F3N2O2. The van der Waals surface area contributed by atoms with Crippen LogP contribution in [0.4, 0.5) is 13.2 Å². The van der Waals surface area contributed by atoms with Gasteiger partial charge in [-0.25, -0.2) is 0 Å². The molecule has 1 amide bonds. The maximum atomic E-state index is 11.9. The number of nitrogens with zero attached hydrogens (tertiary/aromatic N) is 1. The number of hydrogen-bond donors (Lipinski definition) is 2. The zero-order valence-electron chi connectivity index (χ0n) is 10.0. The number of halogens is 3. The van der Waals surface area contributed by atoms with Gasteiger partial charge in [-0.1, -0.05) is 0 Å². The molecule has 0 saturated carbocycles. The largest absolute Gasteiger partial charge is 0.415 e. The monoisotopic (exact) mass is 256 g/mol. The van der Waals surface area contributed by atoms with E-state index in [9.17, 15) is 18.0 Å². The first-order valence-corrected chi connectivity index (χ1v) is 5.56. The van der Waals surface area contributed by atoms with E-state index in [2.05, 4.69) is 5.32 Å². The summed E-state index contributed by atoms with van der Waals surface area (Å²) in [5.74, 6) is -0.107. The van der Waals surface area contributed by atoms with Crippen LogP contribution >= 0.6 is 0 Å². The van der Waals surface area contributed by atoms with E-state index in [-0.39, 0.29) is 18.9 Å². The van der Waals surface area contributed by atoms with Gasteiger partial charge in [0, 0.05) is 32.6 Å². The second kappa shape index (κ2) is 7.50. The fraction of sp³-hybridized carbons (Fsp3) is 0.900. The van der Waals surface area contributed by atoms with E-state index in [1.165, 1.54) is 0 Å². The number of rotatable bonds is 7. The standard InChI is InChI=1S/C10H19F3N2O2/c1-3-15(4-2)9(17)5-6-14-7-8(16)10(11,12)13/h8,14,16H,3-7H2,1-2H3. The first-order chi connectivity index (χ1) is 7.82. The van der Waals surface area contributed by atoms with E-state index in [1.807, 2.05) is 13.8 Å². The number of carbonyl (C=O) groups excluding carboxylic acids is 1. The normalized spacial score (nSPS) is 13.5. The Labute approximate surface area is 98.8 Å². The molecule has 0 fully saturated rings. The number of alkyl halides is 3. The first kappa shape index (κ1) is 16.2. The summed E-state index contributed by atoms with van der Waals surface area (Å²) in [5.41, 5.74) is 0. The van der Waals surface area contributed by atoms with Gasteiger partial charge in [0.15, 0.2) is 6.10 Å². The van der Waals surface area contributed by atoms with Crippen LogP contribution < -0.4 is 5.32 Å². The van der Waals surface area contributed by atoms with Crippen molar-refractivity contribution in [2.45, 2.75) is 32.5 Å². The molecule has 0 aromatic carbocycles. The van der Waals surface area contributed by atoms with Crippen LogP contribution in [0.5, 0.6) is 0 Å². The van der Waals surface area contributed by atoms with Crippen molar-refractivity contribution in [1.82, 2.24) is 10.2 Å². The molecule has 0 heterocycles. The molecule has 2 N–H and O–H groups in total. The summed E-state index contributed by atoms with van der Waals surface area (Å²) in [6.45, 7) is 4.38. The van der Waals surface area contributed by atoms with Gasteiger partial charge in [0.05, 0.1) is 0 Å². The minimum absolute atomic E-state index is 0.107.